The van der Waals surface area contributed by atoms with E-state index in [1.165, 1.54) is 4.90 Å². The summed E-state index contributed by atoms with van der Waals surface area (Å²) < 4.78 is 0. The molecule has 0 heterocycles. The van der Waals surface area contributed by atoms with E-state index in [0.717, 1.165) is 11.1 Å². The maximum absolute atomic E-state index is 9.63. The van der Waals surface area contributed by atoms with Gasteiger partial charge in [-0.25, -0.2) is 0 Å². The van der Waals surface area contributed by atoms with Gasteiger partial charge in [0.05, 0.1) is 5.56 Å². The Morgan fingerprint density at radius 1 is 1.06 bits per heavy atom. The van der Waals surface area contributed by atoms with Crippen molar-refractivity contribution in [3.63, 3.8) is 0 Å². The Kier molecular flexibility index (Phi) is 3.36. The van der Waals surface area contributed by atoms with Gasteiger partial charge in [0.2, 0.25) is 0 Å². The zero-order chi connectivity index (χ0) is 12.3. The van der Waals surface area contributed by atoms with E-state index in [-0.39, 0.29) is 5.75 Å². The van der Waals surface area contributed by atoms with E-state index >= 15 is 0 Å². The molecule has 0 saturated carbocycles. The van der Waals surface area contributed by atoms with Crippen LogP contribution in [0, 0.1) is 11.3 Å². The first-order chi connectivity index (χ1) is 8.24. The lowest BCUT2D eigenvalue weighted by Crippen LogP contribution is -1.81. The third-order valence-corrected chi connectivity index (χ3v) is 3.29. The third-order valence-electron chi connectivity index (χ3n) is 2.54. The Hall–Kier alpha value is -1.92. The summed E-state index contributed by atoms with van der Waals surface area (Å²) in [5, 5.41) is 18.4. The SMILES string of the molecule is CSc1ccc(-c2ccc(C#N)c(O)c2)cc1. The van der Waals surface area contributed by atoms with Gasteiger partial charge < -0.3 is 5.11 Å². The second-order valence-corrected chi connectivity index (χ2v) is 4.45. The van der Waals surface area contributed by atoms with Gasteiger partial charge in [0, 0.05) is 4.90 Å². The van der Waals surface area contributed by atoms with Crippen LogP contribution in [0.1, 0.15) is 5.56 Å². The number of aromatic hydroxyl groups is 1. The molecule has 2 aromatic carbocycles. The lowest BCUT2D eigenvalue weighted by molar-refractivity contribution is 0.474. The van der Waals surface area contributed by atoms with E-state index < -0.39 is 0 Å². The van der Waals surface area contributed by atoms with Crippen LogP contribution in [0.15, 0.2) is 47.4 Å². The van der Waals surface area contributed by atoms with Crippen LogP contribution in [0.3, 0.4) is 0 Å². The summed E-state index contributed by atoms with van der Waals surface area (Å²) in [4.78, 5) is 1.20. The summed E-state index contributed by atoms with van der Waals surface area (Å²) in [6, 6.07) is 15.1. The van der Waals surface area contributed by atoms with Gasteiger partial charge in [-0.2, -0.15) is 5.26 Å². The van der Waals surface area contributed by atoms with E-state index in [2.05, 4.69) is 0 Å². The molecule has 17 heavy (non-hydrogen) atoms. The second-order valence-electron chi connectivity index (χ2n) is 3.57. The van der Waals surface area contributed by atoms with Crippen LogP contribution in [-0.2, 0) is 0 Å². The second kappa shape index (κ2) is 4.94. The number of hydrogen-bond acceptors (Lipinski definition) is 3. The van der Waals surface area contributed by atoms with Gasteiger partial charge >= 0.3 is 0 Å². The summed E-state index contributed by atoms with van der Waals surface area (Å²) in [5.41, 5.74) is 2.24. The number of hydrogen-bond donors (Lipinski definition) is 1. The molecule has 2 rings (SSSR count). The van der Waals surface area contributed by atoms with Crippen molar-refractivity contribution in [1.29, 1.82) is 5.26 Å². The lowest BCUT2D eigenvalue weighted by Gasteiger charge is -2.04. The maximum Gasteiger partial charge on any atom is 0.133 e. The Morgan fingerprint density at radius 2 is 1.71 bits per heavy atom. The van der Waals surface area contributed by atoms with E-state index in [1.54, 1.807) is 23.9 Å². The molecule has 0 unspecified atom stereocenters. The number of nitrogens with zero attached hydrogens (tertiary/aromatic N) is 1. The fourth-order valence-electron chi connectivity index (χ4n) is 1.59. The molecule has 0 bridgehead atoms. The molecule has 0 spiro atoms. The topological polar surface area (TPSA) is 44.0 Å². The van der Waals surface area contributed by atoms with Crippen LogP contribution < -0.4 is 0 Å². The zero-order valence-corrected chi connectivity index (χ0v) is 10.2. The quantitative estimate of drug-likeness (QED) is 0.816. The molecule has 0 saturated heterocycles. The van der Waals surface area contributed by atoms with E-state index in [0.29, 0.717) is 5.56 Å². The van der Waals surface area contributed by atoms with Crippen LogP contribution >= 0.6 is 11.8 Å². The highest BCUT2D eigenvalue weighted by Crippen LogP contribution is 2.27. The molecule has 2 nitrogen and oxygen atoms in total. The average Bonchev–Trinajstić information content (AvgIpc) is 2.39. The zero-order valence-electron chi connectivity index (χ0n) is 9.34. The molecular formula is C14H11NOS. The standard InChI is InChI=1S/C14H11NOS/c1-17-13-6-4-10(5-7-13)11-2-3-12(9-15)14(16)8-11/h2-8,16H,1H3. The molecule has 3 heteroatoms. The largest absolute Gasteiger partial charge is 0.507 e. The number of rotatable bonds is 2. The fourth-order valence-corrected chi connectivity index (χ4v) is 2.00. The van der Waals surface area contributed by atoms with E-state index in [4.69, 9.17) is 5.26 Å². The predicted molar refractivity (Wildman–Crippen MR) is 70.0 cm³/mol. The molecule has 2 aromatic rings. The monoisotopic (exact) mass is 241 g/mol. The van der Waals surface area contributed by atoms with Gasteiger partial charge in [-0.1, -0.05) is 18.2 Å². The summed E-state index contributed by atoms with van der Waals surface area (Å²) in [6.45, 7) is 0. The highest BCUT2D eigenvalue weighted by Gasteiger charge is 2.03. The summed E-state index contributed by atoms with van der Waals surface area (Å²) >= 11 is 1.69. The fraction of sp³-hybridized carbons (Fsp3) is 0.0714. The molecule has 0 aromatic heterocycles. The average molecular weight is 241 g/mol. The molecule has 84 valence electrons. The summed E-state index contributed by atoms with van der Waals surface area (Å²) in [5.74, 6) is 0.0268. The van der Waals surface area contributed by atoms with Crippen LogP contribution in [0.5, 0.6) is 5.75 Å². The van der Waals surface area contributed by atoms with E-state index in [1.807, 2.05) is 42.7 Å². The molecule has 0 amide bonds. The number of phenols is 1. The van der Waals surface area contributed by atoms with E-state index in [9.17, 15) is 5.11 Å². The van der Waals surface area contributed by atoms with Gasteiger partial charge in [-0.3, -0.25) is 0 Å². The van der Waals surface area contributed by atoms with Crippen LogP contribution in [0.4, 0.5) is 0 Å². The molecular weight excluding hydrogens is 230 g/mol. The van der Waals surface area contributed by atoms with Crippen molar-refractivity contribution >= 4 is 11.8 Å². The van der Waals surface area contributed by atoms with Crippen LogP contribution in [0.2, 0.25) is 0 Å². The first kappa shape index (κ1) is 11.6. The van der Waals surface area contributed by atoms with Crippen molar-refractivity contribution in [2.75, 3.05) is 6.26 Å². The molecule has 0 fully saturated rings. The van der Waals surface area contributed by atoms with Crippen molar-refractivity contribution in [3.8, 4) is 22.9 Å². The van der Waals surface area contributed by atoms with Gasteiger partial charge in [0.25, 0.3) is 0 Å². The normalized spacial score (nSPS) is 9.88. The maximum atomic E-state index is 9.63. The molecule has 0 aliphatic heterocycles. The minimum Gasteiger partial charge on any atom is -0.507 e. The number of nitriles is 1. The van der Waals surface area contributed by atoms with Crippen molar-refractivity contribution in [1.82, 2.24) is 0 Å². The van der Waals surface area contributed by atoms with Gasteiger partial charge in [-0.15, -0.1) is 11.8 Å². The predicted octanol–water partition coefficient (Wildman–Crippen LogP) is 3.65. The first-order valence-electron chi connectivity index (χ1n) is 5.12. The molecule has 0 aliphatic rings. The molecule has 0 radical (unpaired) electrons. The summed E-state index contributed by atoms with van der Waals surface area (Å²) in [7, 11) is 0. The smallest absolute Gasteiger partial charge is 0.133 e. The third kappa shape index (κ3) is 2.43. The number of phenolic OH excluding ortho intramolecular Hbond substituents is 1. The molecule has 1 N–H and O–H groups in total. The van der Waals surface area contributed by atoms with Gasteiger partial charge in [0.15, 0.2) is 0 Å². The summed E-state index contributed by atoms with van der Waals surface area (Å²) in [6.07, 6.45) is 2.03. The number of benzene rings is 2. The number of thioether (sulfide) groups is 1. The minimum absolute atomic E-state index is 0.0268. The van der Waals surface area contributed by atoms with Crippen molar-refractivity contribution < 1.29 is 5.11 Å². The van der Waals surface area contributed by atoms with Crippen molar-refractivity contribution in [3.05, 3.63) is 48.0 Å². The van der Waals surface area contributed by atoms with Gasteiger partial charge in [0.1, 0.15) is 11.8 Å². The van der Waals surface area contributed by atoms with Crippen LogP contribution in [0.25, 0.3) is 11.1 Å². The molecule has 0 atom stereocenters. The Morgan fingerprint density at radius 3 is 2.24 bits per heavy atom. The molecule has 0 aliphatic carbocycles. The highest BCUT2D eigenvalue weighted by molar-refractivity contribution is 7.98. The minimum atomic E-state index is 0.0268. The Balaban J connectivity index is 2.40. The Bertz CT molecular complexity index is 570. The highest BCUT2D eigenvalue weighted by atomic mass is 32.2. The lowest BCUT2D eigenvalue weighted by atomic mass is 10.0. The van der Waals surface area contributed by atoms with Crippen molar-refractivity contribution in [2.24, 2.45) is 0 Å². The van der Waals surface area contributed by atoms with Crippen LogP contribution in [-0.4, -0.2) is 11.4 Å². The van der Waals surface area contributed by atoms with Crippen molar-refractivity contribution in [2.45, 2.75) is 4.90 Å². The Labute approximate surface area is 105 Å². The van der Waals surface area contributed by atoms with Gasteiger partial charge in [-0.05, 0) is 41.6 Å². The first-order valence-corrected chi connectivity index (χ1v) is 6.34.